The van der Waals surface area contributed by atoms with Gasteiger partial charge in [-0.2, -0.15) is 0 Å². The monoisotopic (exact) mass is 274 g/mol. The molecule has 0 N–H and O–H groups in total. The highest BCUT2D eigenvalue weighted by atomic mass is 35.5. The summed E-state index contributed by atoms with van der Waals surface area (Å²) in [6.07, 6.45) is 0. The van der Waals surface area contributed by atoms with Gasteiger partial charge in [-0.15, -0.1) is 11.6 Å². The van der Waals surface area contributed by atoms with Crippen LogP contribution in [0.5, 0.6) is 5.75 Å². The maximum absolute atomic E-state index is 13.5. The van der Waals surface area contributed by atoms with Crippen molar-refractivity contribution < 1.29 is 23.5 Å². The van der Waals surface area contributed by atoms with E-state index >= 15 is 0 Å². The Labute approximate surface area is 109 Å². The highest BCUT2D eigenvalue weighted by Crippen LogP contribution is 2.20. The summed E-state index contributed by atoms with van der Waals surface area (Å²) in [5.41, 5.74) is -0.0126. The van der Waals surface area contributed by atoms with Crippen LogP contribution in [0.1, 0.15) is 17.3 Å². The predicted octanol–water partition coefficient (Wildman–Crippen LogP) is 2.19. The van der Waals surface area contributed by atoms with Gasteiger partial charge < -0.3 is 9.47 Å². The fourth-order valence-electron chi connectivity index (χ4n) is 1.28. The van der Waals surface area contributed by atoms with Gasteiger partial charge in [-0.3, -0.25) is 4.79 Å². The first-order valence-corrected chi connectivity index (χ1v) is 5.63. The Morgan fingerprint density at radius 1 is 1.44 bits per heavy atom. The molecule has 1 rings (SSSR count). The Bertz CT molecular complexity index is 461. The summed E-state index contributed by atoms with van der Waals surface area (Å²) >= 11 is 5.59. The maximum atomic E-state index is 13.5. The first-order chi connectivity index (χ1) is 8.51. The molecule has 0 saturated carbocycles. The second kappa shape index (κ2) is 6.35. The van der Waals surface area contributed by atoms with Gasteiger partial charge in [0.25, 0.3) is 0 Å². The van der Waals surface area contributed by atoms with E-state index in [1.807, 2.05) is 0 Å². The minimum absolute atomic E-state index is 0.0126. The van der Waals surface area contributed by atoms with Crippen LogP contribution in [0.3, 0.4) is 0 Å². The standard InChI is InChI=1S/C12H12ClFO4/c1-3-18-9-5-4-7(6-8(9)14)11(15)10(13)12(16)17-2/h4-6,10H,3H2,1-2H3. The quantitative estimate of drug-likeness (QED) is 0.357. The number of carbonyl (C=O) groups excluding carboxylic acids is 2. The molecule has 0 saturated heterocycles. The van der Waals surface area contributed by atoms with E-state index in [2.05, 4.69) is 4.74 Å². The highest BCUT2D eigenvalue weighted by molar-refractivity contribution is 6.43. The number of ketones is 1. The Kier molecular flexibility index (Phi) is 5.09. The molecule has 0 radical (unpaired) electrons. The van der Waals surface area contributed by atoms with Crippen molar-refractivity contribution in [3.8, 4) is 5.75 Å². The van der Waals surface area contributed by atoms with Crippen molar-refractivity contribution in [1.29, 1.82) is 0 Å². The molecule has 0 aliphatic heterocycles. The second-order valence-corrected chi connectivity index (χ2v) is 3.76. The lowest BCUT2D eigenvalue weighted by Crippen LogP contribution is -2.26. The van der Waals surface area contributed by atoms with Crippen LogP contribution in [0.25, 0.3) is 0 Å². The third-order valence-electron chi connectivity index (χ3n) is 2.15. The number of Topliss-reactive ketones (excluding diaryl/α,β-unsaturated/α-hetero) is 1. The second-order valence-electron chi connectivity index (χ2n) is 3.33. The van der Waals surface area contributed by atoms with Crippen LogP contribution >= 0.6 is 11.6 Å². The molecule has 4 nitrogen and oxygen atoms in total. The molecule has 0 aliphatic rings. The lowest BCUT2D eigenvalue weighted by atomic mass is 10.1. The molecule has 0 fully saturated rings. The van der Waals surface area contributed by atoms with Gasteiger partial charge in [-0.25, -0.2) is 9.18 Å². The number of hydrogen-bond acceptors (Lipinski definition) is 4. The molecule has 6 heteroatoms. The van der Waals surface area contributed by atoms with Crippen LogP contribution in [0.4, 0.5) is 4.39 Å². The van der Waals surface area contributed by atoms with Crippen LogP contribution in [0, 0.1) is 5.82 Å². The summed E-state index contributed by atoms with van der Waals surface area (Å²) in [5.74, 6) is -2.24. The van der Waals surface area contributed by atoms with Crippen molar-refractivity contribution >= 4 is 23.4 Å². The summed E-state index contributed by atoms with van der Waals surface area (Å²) in [4.78, 5) is 22.8. The fourth-order valence-corrected chi connectivity index (χ4v) is 1.50. The first kappa shape index (κ1) is 14.4. The Hall–Kier alpha value is -1.62. The van der Waals surface area contributed by atoms with E-state index in [0.29, 0.717) is 6.61 Å². The maximum Gasteiger partial charge on any atom is 0.331 e. The molecule has 1 aromatic carbocycles. The van der Waals surface area contributed by atoms with Crippen molar-refractivity contribution in [3.05, 3.63) is 29.6 Å². The molecular formula is C12H12ClFO4. The van der Waals surface area contributed by atoms with E-state index in [4.69, 9.17) is 16.3 Å². The minimum Gasteiger partial charge on any atom is -0.491 e. The zero-order valence-corrected chi connectivity index (χ0v) is 10.7. The third kappa shape index (κ3) is 3.20. The number of carbonyl (C=O) groups is 2. The summed E-state index contributed by atoms with van der Waals surface area (Å²) in [6.45, 7) is 2.02. The van der Waals surface area contributed by atoms with Crippen LogP contribution in [-0.4, -0.2) is 30.8 Å². The van der Waals surface area contributed by atoms with Gasteiger partial charge in [-0.05, 0) is 25.1 Å². The van der Waals surface area contributed by atoms with Gasteiger partial charge in [0.15, 0.2) is 22.7 Å². The van der Waals surface area contributed by atoms with E-state index in [1.165, 1.54) is 12.1 Å². The van der Waals surface area contributed by atoms with Gasteiger partial charge in [0, 0.05) is 5.56 Å². The number of alkyl halides is 1. The number of methoxy groups -OCH3 is 1. The van der Waals surface area contributed by atoms with Crippen molar-refractivity contribution in [2.75, 3.05) is 13.7 Å². The Morgan fingerprint density at radius 2 is 2.11 bits per heavy atom. The van der Waals surface area contributed by atoms with E-state index in [0.717, 1.165) is 13.2 Å². The molecule has 1 unspecified atom stereocenters. The first-order valence-electron chi connectivity index (χ1n) is 5.19. The van der Waals surface area contributed by atoms with Crippen LogP contribution < -0.4 is 4.74 Å². The summed E-state index contributed by atoms with van der Waals surface area (Å²) in [7, 11) is 1.11. The molecule has 1 atom stereocenters. The molecule has 0 heterocycles. The fraction of sp³-hybridized carbons (Fsp3) is 0.333. The van der Waals surface area contributed by atoms with Crippen molar-refractivity contribution in [2.24, 2.45) is 0 Å². The number of halogens is 2. The van der Waals surface area contributed by atoms with Gasteiger partial charge in [0.05, 0.1) is 13.7 Å². The van der Waals surface area contributed by atoms with Gasteiger partial charge in [-0.1, -0.05) is 0 Å². The molecule has 0 bridgehead atoms. The summed E-state index contributed by atoms with van der Waals surface area (Å²) in [6, 6.07) is 3.63. The molecule has 18 heavy (non-hydrogen) atoms. The normalized spacial score (nSPS) is 11.8. The molecule has 0 spiro atoms. The Morgan fingerprint density at radius 3 is 2.61 bits per heavy atom. The van der Waals surface area contributed by atoms with Gasteiger partial charge >= 0.3 is 5.97 Å². The van der Waals surface area contributed by atoms with Crippen molar-refractivity contribution in [3.63, 3.8) is 0 Å². The third-order valence-corrected chi connectivity index (χ3v) is 2.53. The lowest BCUT2D eigenvalue weighted by molar-refractivity contribution is -0.139. The molecule has 0 amide bonds. The van der Waals surface area contributed by atoms with E-state index in [-0.39, 0.29) is 11.3 Å². The number of ether oxygens (including phenoxy) is 2. The van der Waals surface area contributed by atoms with Crippen LogP contribution in [0.15, 0.2) is 18.2 Å². The van der Waals surface area contributed by atoms with Crippen LogP contribution in [0.2, 0.25) is 0 Å². The molecule has 0 aliphatic carbocycles. The molecule has 1 aromatic rings. The van der Waals surface area contributed by atoms with Gasteiger partial charge in [0.1, 0.15) is 0 Å². The van der Waals surface area contributed by atoms with Gasteiger partial charge in [0.2, 0.25) is 0 Å². The summed E-state index contributed by atoms with van der Waals surface area (Å²) in [5, 5.41) is -1.48. The summed E-state index contributed by atoms with van der Waals surface area (Å²) < 4.78 is 22.8. The highest BCUT2D eigenvalue weighted by Gasteiger charge is 2.26. The van der Waals surface area contributed by atoms with E-state index < -0.39 is 22.9 Å². The van der Waals surface area contributed by atoms with Crippen molar-refractivity contribution in [1.82, 2.24) is 0 Å². The number of benzene rings is 1. The zero-order chi connectivity index (χ0) is 13.7. The topological polar surface area (TPSA) is 52.6 Å². The zero-order valence-electron chi connectivity index (χ0n) is 9.91. The molecule has 98 valence electrons. The number of esters is 1. The predicted molar refractivity (Wildman–Crippen MR) is 63.6 cm³/mol. The van der Waals surface area contributed by atoms with Crippen molar-refractivity contribution in [2.45, 2.75) is 12.3 Å². The molecule has 0 aromatic heterocycles. The Balaban J connectivity index is 2.94. The number of rotatable bonds is 5. The molecular weight excluding hydrogens is 263 g/mol. The number of hydrogen-bond donors (Lipinski definition) is 0. The SMILES string of the molecule is CCOc1ccc(C(=O)C(Cl)C(=O)OC)cc1F. The van der Waals surface area contributed by atoms with E-state index in [1.54, 1.807) is 6.92 Å². The largest absolute Gasteiger partial charge is 0.491 e. The van der Waals surface area contributed by atoms with Crippen LogP contribution in [-0.2, 0) is 9.53 Å². The minimum atomic E-state index is -1.48. The lowest BCUT2D eigenvalue weighted by Gasteiger charge is -2.08. The average molecular weight is 275 g/mol. The average Bonchev–Trinajstić information content (AvgIpc) is 2.38. The smallest absolute Gasteiger partial charge is 0.331 e. The van der Waals surface area contributed by atoms with E-state index in [9.17, 15) is 14.0 Å².